The maximum absolute atomic E-state index is 10.0. The predicted octanol–water partition coefficient (Wildman–Crippen LogP) is 4.51. The Morgan fingerprint density at radius 3 is 2.32 bits per heavy atom. The summed E-state index contributed by atoms with van der Waals surface area (Å²) in [4.78, 5) is 4.65. The summed E-state index contributed by atoms with van der Waals surface area (Å²) >= 11 is 0. The molecule has 0 fully saturated rings. The van der Waals surface area contributed by atoms with Crippen LogP contribution < -0.4 is 0 Å². The van der Waals surface area contributed by atoms with E-state index in [9.17, 15) is 10.2 Å². The van der Waals surface area contributed by atoms with E-state index >= 15 is 0 Å². The fourth-order valence-corrected chi connectivity index (χ4v) is 3.75. The molecule has 6 nitrogen and oxygen atoms in total. The molecule has 0 spiro atoms. The lowest BCUT2D eigenvalue weighted by Gasteiger charge is -2.17. The molecule has 4 rings (SSSR count). The molecule has 158 valence electrons. The molecule has 3 aromatic carbocycles. The minimum atomic E-state index is -0.115. The van der Waals surface area contributed by atoms with Crippen molar-refractivity contribution in [3.05, 3.63) is 82.9 Å². The van der Waals surface area contributed by atoms with Crippen LogP contribution in [0.2, 0.25) is 0 Å². The third-order valence-electron chi connectivity index (χ3n) is 5.38. The minimum absolute atomic E-state index is 0.0187. The molecule has 0 atom stereocenters. The van der Waals surface area contributed by atoms with Crippen molar-refractivity contribution in [1.82, 2.24) is 10.1 Å². The average molecular weight is 416 g/mol. The number of hydrogen-bond donors (Lipinski definition) is 2. The van der Waals surface area contributed by atoms with Crippen molar-refractivity contribution in [2.45, 2.75) is 26.7 Å². The zero-order valence-electron chi connectivity index (χ0n) is 17.5. The molecule has 0 radical (unpaired) electrons. The Bertz CT molecular complexity index is 1170. The highest BCUT2D eigenvalue weighted by Gasteiger charge is 2.22. The number of rotatable bonds is 7. The van der Waals surface area contributed by atoms with Crippen molar-refractivity contribution in [3.63, 3.8) is 0 Å². The highest BCUT2D eigenvalue weighted by molar-refractivity contribution is 5.84. The Morgan fingerprint density at radius 1 is 0.935 bits per heavy atom. The van der Waals surface area contributed by atoms with E-state index in [1.54, 1.807) is 7.11 Å². The van der Waals surface area contributed by atoms with Gasteiger partial charge in [0, 0.05) is 12.7 Å². The molecule has 0 unspecified atom stereocenters. The number of methoxy groups -OCH3 is 1. The van der Waals surface area contributed by atoms with Gasteiger partial charge in [0.15, 0.2) is 0 Å². The van der Waals surface area contributed by atoms with Gasteiger partial charge in [0.2, 0.25) is 5.82 Å². The molecular weight excluding hydrogens is 392 g/mol. The smallest absolute Gasteiger partial charge is 0.259 e. The van der Waals surface area contributed by atoms with Gasteiger partial charge in [-0.15, -0.1) is 0 Å². The van der Waals surface area contributed by atoms with Crippen LogP contribution in [-0.2, 0) is 24.6 Å². The Morgan fingerprint density at radius 2 is 1.68 bits per heavy atom. The first-order valence-electron chi connectivity index (χ1n) is 10.0. The van der Waals surface area contributed by atoms with Crippen molar-refractivity contribution >= 4 is 0 Å². The standard InChI is InChI=1S/C25H24N2O4/c1-16-22(14-29)20(15-30-2)12-21(18-6-4-3-5-7-18)23(16)25-26-24(27-31-25)19-10-8-17(13-28)9-11-19/h3-12,28-29H,13-15H2,1-2H3. The fourth-order valence-electron chi connectivity index (χ4n) is 3.75. The molecule has 0 aliphatic carbocycles. The second-order valence-corrected chi connectivity index (χ2v) is 7.30. The van der Waals surface area contributed by atoms with E-state index < -0.39 is 0 Å². The van der Waals surface area contributed by atoms with Crippen molar-refractivity contribution in [1.29, 1.82) is 0 Å². The van der Waals surface area contributed by atoms with E-state index in [4.69, 9.17) is 9.26 Å². The lowest BCUT2D eigenvalue weighted by atomic mass is 9.89. The van der Waals surface area contributed by atoms with E-state index in [-0.39, 0.29) is 13.2 Å². The van der Waals surface area contributed by atoms with Crippen molar-refractivity contribution in [2.75, 3.05) is 7.11 Å². The van der Waals surface area contributed by atoms with E-state index in [2.05, 4.69) is 10.1 Å². The van der Waals surface area contributed by atoms with E-state index in [1.165, 1.54) is 0 Å². The zero-order valence-corrected chi connectivity index (χ0v) is 17.5. The molecule has 2 N–H and O–H groups in total. The van der Waals surface area contributed by atoms with Gasteiger partial charge < -0.3 is 19.5 Å². The number of aromatic nitrogens is 2. The van der Waals surface area contributed by atoms with E-state index in [1.807, 2.05) is 67.6 Å². The minimum Gasteiger partial charge on any atom is -0.392 e. The third-order valence-corrected chi connectivity index (χ3v) is 5.38. The average Bonchev–Trinajstić information content (AvgIpc) is 3.29. The zero-order chi connectivity index (χ0) is 21.8. The Balaban J connectivity index is 1.88. The molecular formula is C25H24N2O4. The maximum atomic E-state index is 10.0. The summed E-state index contributed by atoms with van der Waals surface area (Å²) in [5.74, 6) is 0.848. The number of benzene rings is 3. The highest BCUT2D eigenvalue weighted by atomic mass is 16.5. The SMILES string of the molecule is COCc1cc(-c2ccccc2)c(-c2nc(-c3ccc(CO)cc3)no2)c(C)c1CO. The van der Waals surface area contributed by atoms with Crippen LogP contribution in [0.15, 0.2) is 65.2 Å². The molecule has 1 aromatic heterocycles. The van der Waals surface area contributed by atoms with Gasteiger partial charge >= 0.3 is 0 Å². The molecule has 4 aromatic rings. The Hall–Kier alpha value is -3.32. The fraction of sp³-hybridized carbons (Fsp3) is 0.200. The number of ether oxygens (including phenoxy) is 1. The molecule has 0 saturated heterocycles. The summed E-state index contributed by atoms with van der Waals surface area (Å²) in [6, 6.07) is 19.4. The number of hydrogen-bond acceptors (Lipinski definition) is 6. The first-order valence-corrected chi connectivity index (χ1v) is 10.0. The van der Waals surface area contributed by atoms with Gasteiger partial charge in [0.25, 0.3) is 5.89 Å². The highest BCUT2D eigenvalue weighted by Crippen LogP contribution is 2.38. The van der Waals surface area contributed by atoms with Crippen LogP contribution in [0, 0.1) is 6.92 Å². The Labute approximate surface area is 180 Å². The summed E-state index contributed by atoms with van der Waals surface area (Å²) in [7, 11) is 1.64. The number of aliphatic hydroxyl groups excluding tert-OH is 2. The normalized spacial score (nSPS) is 11.1. The van der Waals surface area contributed by atoms with Gasteiger partial charge in [0.1, 0.15) is 0 Å². The van der Waals surface area contributed by atoms with Crippen LogP contribution >= 0.6 is 0 Å². The van der Waals surface area contributed by atoms with Crippen molar-refractivity contribution in [3.8, 4) is 34.0 Å². The largest absolute Gasteiger partial charge is 0.392 e. The van der Waals surface area contributed by atoms with Crippen LogP contribution in [0.3, 0.4) is 0 Å². The van der Waals surface area contributed by atoms with Crippen LogP contribution in [0.25, 0.3) is 34.0 Å². The van der Waals surface area contributed by atoms with Crippen LogP contribution in [0.4, 0.5) is 0 Å². The molecule has 0 aliphatic rings. The van der Waals surface area contributed by atoms with E-state index in [0.717, 1.165) is 44.5 Å². The van der Waals surface area contributed by atoms with Crippen LogP contribution in [-0.4, -0.2) is 27.5 Å². The number of aliphatic hydroxyl groups is 2. The maximum Gasteiger partial charge on any atom is 0.259 e. The van der Waals surface area contributed by atoms with E-state index in [0.29, 0.717) is 18.3 Å². The molecule has 0 aliphatic heterocycles. The van der Waals surface area contributed by atoms with Gasteiger partial charge in [-0.2, -0.15) is 4.98 Å². The molecule has 31 heavy (non-hydrogen) atoms. The molecule has 0 amide bonds. The second kappa shape index (κ2) is 9.22. The predicted molar refractivity (Wildman–Crippen MR) is 118 cm³/mol. The lowest BCUT2D eigenvalue weighted by Crippen LogP contribution is -2.03. The topological polar surface area (TPSA) is 88.6 Å². The van der Waals surface area contributed by atoms with Crippen molar-refractivity contribution in [2.24, 2.45) is 0 Å². The summed E-state index contributed by atoms with van der Waals surface area (Å²) in [5, 5.41) is 23.5. The van der Waals surface area contributed by atoms with Gasteiger partial charge in [-0.25, -0.2) is 0 Å². The number of nitrogens with zero attached hydrogens (tertiary/aromatic N) is 2. The van der Waals surface area contributed by atoms with Gasteiger partial charge in [-0.05, 0) is 46.4 Å². The summed E-state index contributed by atoms with van der Waals surface area (Å²) in [6.45, 7) is 2.21. The molecule has 0 bridgehead atoms. The lowest BCUT2D eigenvalue weighted by molar-refractivity contribution is 0.181. The first kappa shape index (κ1) is 20.9. The third kappa shape index (κ3) is 4.14. The Kier molecular flexibility index (Phi) is 6.23. The van der Waals surface area contributed by atoms with Gasteiger partial charge in [-0.3, -0.25) is 0 Å². The quantitative estimate of drug-likeness (QED) is 0.461. The summed E-state index contributed by atoms with van der Waals surface area (Å²) in [5.41, 5.74) is 6.94. The van der Waals surface area contributed by atoms with Crippen molar-refractivity contribution < 1.29 is 19.5 Å². The van der Waals surface area contributed by atoms with Gasteiger partial charge in [0.05, 0.1) is 25.4 Å². The monoisotopic (exact) mass is 416 g/mol. The van der Waals surface area contributed by atoms with Gasteiger partial charge in [-0.1, -0.05) is 59.8 Å². The second-order valence-electron chi connectivity index (χ2n) is 7.30. The van der Waals surface area contributed by atoms with Crippen LogP contribution in [0.5, 0.6) is 0 Å². The first-order chi connectivity index (χ1) is 15.2. The summed E-state index contributed by atoms with van der Waals surface area (Å²) < 4.78 is 11.0. The molecule has 1 heterocycles. The molecule has 0 saturated carbocycles. The summed E-state index contributed by atoms with van der Waals surface area (Å²) in [6.07, 6.45) is 0. The van der Waals surface area contributed by atoms with Crippen LogP contribution in [0.1, 0.15) is 22.3 Å². The molecule has 6 heteroatoms.